The SMILES string of the molecule is C1=CC=CC(P(Cc2ccc(C3(c4ccc(P(c5ccccc5)c5ccccc5)cc4)c4ccccc4-n4c5c(c6cccc3c64)CCC=C5)cc2)c2ccccc2)C=C1. The van der Waals surface area contributed by atoms with Crippen molar-refractivity contribution in [1.29, 1.82) is 0 Å². The van der Waals surface area contributed by atoms with Gasteiger partial charge in [0.1, 0.15) is 0 Å². The number of para-hydroxylation sites is 2. The molecule has 0 N–H and O–H groups in total. The molecule has 60 heavy (non-hydrogen) atoms. The van der Waals surface area contributed by atoms with E-state index in [0.29, 0.717) is 5.66 Å². The summed E-state index contributed by atoms with van der Waals surface area (Å²) in [6.07, 6.45) is 21.4. The van der Waals surface area contributed by atoms with E-state index in [1.807, 2.05) is 0 Å². The van der Waals surface area contributed by atoms with Gasteiger partial charge >= 0.3 is 0 Å². The van der Waals surface area contributed by atoms with Crippen molar-refractivity contribution < 1.29 is 0 Å². The van der Waals surface area contributed by atoms with E-state index in [1.54, 1.807) is 0 Å². The second-order valence-corrected chi connectivity index (χ2v) is 20.6. The Hall–Kier alpha value is -6.10. The lowest BCUT2D eigenvalue weighted by Crippen LogP contribution is -2.36. The number of nitrogens with zero attached hydrogens (tertiary/aromatic N) is 1. The highest BCUT2D eigenvalue weighted by Crippen LogP contribution is 2.55. The van der Waals surface area contributed by atoms with Crippen molar-refractivity contribution >= 4 is 54.0 Å². The summed E-state index contributed by atoms with van der Waals surface area (Å²) in [4.78, 5) is 0. The van der Waals surface area contributed by atoms with E-state index >= 15 is 0 Å². The van der Waals surface area contributed by atoms with Crippen molar-refractivity contribution in [3.8, 4) is 5.69 Å². The molecule has 2 aliphatic carbocycles. The fourth-order valence-electron chi connectivity index (χ4n) is 10.0. The van der Waals surface area contributed by atoms with Crippen LogP contribution in [0.4, 0.5) is 0 Å². The lowest BCUT2D eigenvalue weighted by atomic mass is 9.63. The van der Waals surface area contributed by atoms with Gasteiger partial charge in [-0.2, -0.15) is 0 Å². The van der Waals surface area contributed by atoms with Gasteiger partial charge in [0, 0.05) is 16.7 Å². The normalized spacial score (nSPS) is 17.1. The molecule has 288 valence electrons. The summed E-state index contributed by atoms with van der Waals surface area (Å²) < 4.78 is 2.58. The zero-order chi connectivity index (χ0) is 39.9. The van der Waals surface area contributed by atoms with Crippen molar-refractivity contribution in [2.24, 2.45) is 0 Å². The summed E-state index contributed by atoms with van der Waals surface area (Å²) in [5, 5.41) is 6.90. The molecule has 2 unspecified atom stereocenters. The number of hydrogen-bond acceptors (Lipinski definition) is 0. The maximum atomic E-state index is 2.58. The maximum absolute atomic E-state index is 2.58. The summed E-state index contributed by atoms with van der Waals surface area (Å²) in [7, 11) is -1.26. The number of hydrogen-bond donors (Lipinski definition) is 0. The van der Waals surface area contributed by atoms with E-state index in [-0.39, 0.29) is 0 Å². The van der Waals surface area contributed by atoms with Crippen LogP contribution in [0.2, 0.25) is 0 Å². The van der Waals surface area contributed by atoms with E-state index in [4.69, 9.17) is 0 Å². The van der Waals surface area contributed by atoms with Gasteiger partial charge in [-0.1, -0.05) is 226 Å². The molecule has 0 spiro atoms. The Kier molecular flexibility index (Phi) is 9.74. The Morgan fingerprint density at radius 3 is 1.75 bits per heavy atom. The first-order valence-corrected chi connectivity index (χ1v) is 24.1. The Morgan fingerprint density at radius 2 is 1.08 bits per heavy atom. The highest BCUT2D eigenvalue weighted by Gasteiger charge is 2.45. The van der Waals surface area contributed by atoms with Gasteiger partial charge in [-0.05, 0) is 93.7 Å². The lowest BCUT2D eigenvalue weighted by molar-refractivity contribution is 0.723. The molecule has 0 amide bonds. The van der Waals surface area contributed by atoms with Crippen LogP contribution in [-0.2, 0) is 18.0 Å². The summed E-state index contributed by atoms with van der Waals surface area (Å²) >= 11 is 0. The zero-order valence-corrected chi connectivity index (χ0v) is 35.3. The van der Waals surface area contributed by atoms with Gasteiger partial charge in [0.05, 0.1) is 16.6 Å². The Bertz CT molecular complexity index is 2880. The number of allylic oxidation sites excluding steroid dienone is 7. The van der Waals surface area contributed by atoms with Crippen LogP contribution in [0.3, 0.4) is 0 Å². The van der Waals surface area contributed by atoms with E-state index in [1.165, 1.54) is 76.9 Å². The fraction of sp³-hybridized carbons (Fsp3) is 0.0877. The van der Waals surface area contributed by atoms with Crippen LogP contribution < -0.4 is 21.2 Å². The number of rotatable bonds is 9. The number of fused-ring (bicyclic) bond motifs is 5. The molecule has 2 heterocycles. The molecule has 2 atom stereocenters. The number of aryl methyl sites for hydroxylation is 1. The molecule has 0 fully saturated rings. The van der Waals surface area contributed by atoms with Gasteiger partial charge in [-0.25, -0.2) is 0 Å². The second kappa shape index (κ2) is 15.8. The van der Waals surface area contributed by atoms with Crippen molar-refractivity contribution in [2.45, 2.75) is 30.1 Å². The third-order valence-electron chi connectivity index (χ3n) is 12.6. The van der Waals surface area contributed by atoms with Crippen LogP contribution >= 0.6 is 15.8 Å². The quantitative estimate of drug-likeness (QED) is 0.128. The highest BCUT2D eigenvalue weighted by molar-refractivity contribution is 7.79. The predicted octanol–water partition coefficient (Wildman–Crippen LogP) is 12.4. The Labute approximate surface area is 356 Å². The molecule has 7 aromatic carbocycles. The minimum Gasteiger partial charge on any atom is -0.309 e. The standard InChI is InChI=1S/C57H45NP2/c1-2-7-20-45(19-6-1)59(46-21-8-3-9-22-46)41-42-33-35-43(36-34-42)57(44-37-39-49(40-38-44)60(47-23-10-4-11-24-47)48-25-12-5-13-26-48)52-29-15-17-32-55(52)58-54-31-16-14-27-50(54)51-28-18-30-53(57)56(51)58/h1-13,15-26,28-40,45H,14,27,41H2. The van der Waals surface area contributed by atoms with Crippen molar-refractivity contribution in [3.05, 3.63) is 264 Å². The van der Waals surface area contributed by atoms with Crippen molar-refractivity contribution in [3.63, 3.8) is 0 Å². The van der Waals surface area contributed by atoms with Crippen LogP contribution in [0.5, 0.6) is 0 Å². The second-order valence-electron chi connectivity index (χ2n) is 16.0. The topological polar surface area (TPSA) is 4.93 Å². The summed E-state index contributed by atoms with van der Waals surface area (Å²) in [6, 6.07) is 69.1. The molecular weight excluding hydrogens is 761 g/mol. The molecule has 3 aliphatic rings. The monoisotopic (exact) mass is 805 g/mol. The molecule has 0 radical (unpaired) electrons. The third-order valence-corrected chi connectivity index (χ3v) is 17.8. The third kappa shape index (κ3) is 6.23. The average Bonchev–Trinajstić information content (AvgIpc) is 3.43. The van der Waals surface area contributed by atoms with Gasteiger partial charge in [0.2, 0.25) is 0 Å². The molecule has 0 saturated heterocycles. The van der Waals surface area contributed by atoms with E-state index < -0.39 is 21.3 Å². The highest BCUT2D eigenvalue weighted by atomic mass is 31.1. The van der Waals surface area contributed by atoms with Crippen LogP contribution in [0.15, 0.2) is 225 Å². The molecule has 1 nitrogen and oxygen atoms in total. The minimum absolute atomic E-state index is 0.370. The van der Waals surface area contributed by atoms with Crippen LogP contribution in [0, 0.1) is 0 Å². The molecule has 11 rings (SSSR count). The minimum atomic E-state index is -0.738. The first kappa shape index (κ1) is 36.9. The predicted molar refractivity (Wildman–Crippen MR) is 259 cm³/mol. The zero-order valence-electron chi connectivity index (χ0n) is 33.5. The maximum Gasteiger partial charge on any atom is 0.0742 e. The van der Waals surface area contributed by atoms with E-state index in [2.05, 4.69) is 235 Å². The molecular formula is C57H45NP2. The van der Waals surface area contributed by atoms with Crippen LogP contribution in [-0.4, -0.2) is 10.2 Å². The largest absolute Gasteiger partial charge is 0.309 e. The van der Waals surface area contributed by atoms with Gasteiger partial charge in [0.15, 0.2) is 0 Å². The first-order chi connectivity index (χ1) is 29.8. The summed E-state index contributed by atoms with van der Waals surface area (Å²) in [5.41, 5.74) is 11.9. The van der Waals surface area contributed by atoms with Crippen LogP contribution in [0.1, 0.15) is 45.5 Å². The van der Waals surface area contributed by atoms with E-state index in [0.717, 1.165) is 19.0 Å². The molecule has 3 heteroatoms. The van der Waals surface area contributed by atoms with Gasteiger partial charge in [-0.3, -0.25) is 0 Å². The molecule has 0 bridgehead atoms. The summed E-state index contributed by atoms with van der Waals surface area (Å²) in [5.74, 6) is 0. The summed E-state index contributed by atoms with van der Waals surface area (Å²) in [6.45, 7) is 0. The van der Waals surface area contributed by atoms with Gasteiger partial charge in [0.25, 0.3) is 0 Å². The molecule has 8 aromatic rings. The molecule has 1 aliphatic heterocycles. The molecule has 1 aromatic heterocycles. The first-order valence-electron chi connectivity index (χ1n) is 21.2. The Balaban J connectivity index is 1.10. The fourth-order valence-corrected chi connectivity index (χ4v) is 14.8. The van der Waals surface area contributed by atoms with Gasteiger partial charge < -0.3 is 4.57 Å². The smallest absolute Gasteiger partial charge is 0.0742 e. The lowest BCUT2D eigenvalue weighted by Gasteiger charge is -2.42. The van der Waals surface area contributed by atoms with E-state index in [9.17, 15) is 0 Å². The van der Waals surface area contributed by atoms with Crippen molar-refractivity contribution in [2.75, 3.05) is 0 Å². The molecule has 0 saturated carbocycles. The van der Waals surface area contributed by atoms with Gasteiger partial charge in [-0.15, -0.1) is 0 Å². The average molecular weight is 806 g/mol. The number of aromatic nitrogens is 1. The Morgan fingerprint density at radius 1 is 0.517 bits per heavy atom. The van der Waals surface area contributed by atoms with Crippen molar-refractivity contribution in [1.82, 2.24) is 4.57 Å². The van der Waals surface area contributed by atoms with Crippen LogP contribution in [0.25, 0.3) is 22.7 Å². The number of benzene rings is 7.